The Morgan fingerprint density at radius 1 is 0.569 bits per heavy atom. The lowest BCUT2D eigenvalue weighted by atomic mass is 9.92. The molecule has 0 spiro atoms. The summed E-state index contributed by atoms with van der Waals surface area (Å²) >= 11 is 1.92. The summed E-state index contributed by atoms with van der Waals surface area (Å²) in [5.41, 5.74) is 8.35. The molecule has 0 bridgehead atoms. The summed E-state index contributed by atoms with van der Waals surface area (Å²) in [6.07, 6.45) is 6.69. The molecule has 58 heavy (non-hydrogen) atoms. The van der Waals surface area contributed by atoms with E-state index in [1.807, 2.05) is 65.9 Å². The monoisotopic (exact) mass is 761 g/mol. The SMILES string of the molecule is C1=Cc2sc3c4cc(-c5cccc6ccccc56)ccc4c4c(c5ccccc5n4-c4nc(-c5ccc(-c6ccccc6)o5)nc5oc6ccccc6c45)c3c2CC1. The number of hydrogen-bond donors (Lipinski definition) is 0. The van der Waals surface area contributed by atoms with Gasteiger partial charge in [0.15, 0.2) is 11.6 Å². The van der Waals surface area contributed by atoms with Crippen molar-refractivity contribution in [1.82, 2.24) is 14.5 Å². The predicted molar refractivity (Wildman–Crippen MR) is 240 cm³/mol. The molecule has 7 aromatic carbocycles. The smallest absolute Gasteiger partial charge is 0.233 e. The second-order valence-corrected chi connectivity index (χ2v) is 16.2. The van der Waals surface area contributed by atoms with Crippen LogP contribution in [0, 0.1) is 0 Å². The molecule has 0 N–H and O–H groups in total. The number of hydrogen-bond acceptors (Lipinski definition) is 5. The van der Waals surface area contributed by atoms with Crippen LogP contribution in [0.15, 0.2) is 167 Å². The van der Waals surface area contributed by atoms with Gasteiger partial charge < -0.3 is 8.83 Å². The second kappa shape index (κ2) is 12.1. The molecule has 0 fully saturated rings. The minimum absolute atomic E-state index is 0.469. The normalized spacial score (nSPS) is 13.0. The van der Waals surface area contributed by atoms with Gasteiger partial charge in [-0.05, 0) is 76.7 Å². The Hall–Kier alpha value is -7.28. The summed E-state index contributed by atoms with van der Waals surface area (Å²) in [7, 11) is 0. The van der Waals surface area contributed by atoms with Gasteiger partial charge in [-0.15, -0.1) is 11.3 Å². The Labute approximate surface area is 335 Å². The van der Waals surface area contributed by atoms with Gasteiger partial charge >= 0.3 is 0 Å². The molecule has 12 aromatic rings. The lowest BCUT2D eigenvalue weighted by Gasteiger charge is -2.14. The van der Waals surface area contributed by atoms with Crippen molar-refractivity contribution in [3.63, 3.8) is 0 Å². The Bertz CT molecular complexity index is 3690. The first-order valence-electron chi connectivity index (χ1n) is 19.7. The fourth-order valence-corrected chi connectivity index (χ4v) is 10.7. The van der Waals surface area contributed by atoms with E-state index >= 15 is 0 Å². The first-order chi connectivity index (χ1) is 28.8. The van der Waals surface area contributed by atoms with Gasteiger partial charge in [-0.3, -0.25) is 4.57 Å². The molecule has 0 atom stereocenters. The number of rotatable bonds is 4. The van der Waals surface area contributed by atoms with Crippen molar-refractivity contribution in [3.05, 3.63) is 168 Å². The molecule has 6 heteroatoms. The quantitative estimate of drug-likeness (QED) is 0.179. The van der Waals surface area contributed by atoms with E-state index < -0.39 is 0 Å². The van der Waals surface area contributed by atoms with Gasteiger partial charge in [-0.1, -0.05) is 127 Å². The van der Waals surface area contributed by atoms with Crippen molar-refractivity contribution in [2.75, 3.05) is 0 Å². The highest BCUT2D eigenvalue weighted by Crippen LogP contribution is 2.50. The van der Waals surface area contributed by atoms with Crippen LogP contribution in [-0.2, 0) is 6.42 Å². The van der Waals surface area contributed by atoms with Gasteiger partial charge in [0, 0.05) is 47.5 Å². The Morgan fingerprint density at radius 2 is 1.36 bits per heavy atom. The van der Waals surface area contributed by atoms with E-state index in [0.29, 0.717) is 17.3 Å². The Morgan fingerprint density at radius 3 is 2.29 bits per heavy atom. The molecule has 272 valence electrons. The number of para-hydroxylation sites is 2. The predicted octanol–water partition coefficient (Wildman–Crippen LogP) is 14.5. The lowest BCUT2D eigenvalue weighted by molar-refractivity contribution is 0.590. The molecule has 0 amide bonds. The molecule has 0 unspecified atom stereocenters. The fraction of sp³-hybridized carbons (Fsp3) is 0.0385. The van der Waals surface area contributed by atoms with Crippen LogP contribution >= 0.6 is 11.3 Å². The van der Waals surface area contributed by atoms with Crippen molar-refractivity contribution < 1.29 is 8.83 Å². The summed E-state index contributed by atoms with van der Waals surface area (Å²) in [5, 5.41) is 10.5. The van der Waals surface area contributed by atoms with Crippen molar-refractivity contribution in [2.45, 2.75) is 12.8 Å². The summed E-state index contributed by atoms with van der Waals surface area (Å²) in [6, 6.07) is 53.4. The zero-order valence-corrected chi connectivity index (χ0v) is 31.9. The van der Waals surface area contributed by atoms with Gasteiger partial charge in [-0.2, -0.15) is 4.98 Å². The van der Waals surface area contributed by atoms with Crippen molar-refractivity contribution in [3.8, 4) is 39.9 Å². The van der Waals surface area contributed by atoms with E-state index in [-0.39, 0.29) is 0 Å². The molecule has 5 aromatic heterocycles. The van der Waals surface area contributed by atoms with Crippen LogP contribution in [0.3, 0.4) is 0 Å². The van der Waals surface area contributed by atoms with Crippen LogP contribution in [0.1, 0.15) is 16.9 Å². The van der Waals surface area contributed by atoms with Gasteiger partial charge in [0.1, 0.15) is 11.3 Å². The molecule has 0 saturated carbocycles. The number of aryl methyl sites for hydroxylation is 1. The average Bonchev–Trinajstić information content (AvgIpc) is 4.08. The highest BCUT2D eigenvalue weighted by Gasteiger charge is 2.28. The Balaban J connectivity index is 1.18. The van der Waals surface area contributed by atoms with Crippen LogP contribution in [0.4, 0.5) is 0 Å². The first kappa shape index (κ1) is 31.9. The maximum atomic E-state index is 6.58. The number of allylic oxidation sites excluding steroid dienone is 1. The number of fused-ring (bicyclic) bond motifs is 14. The molecule has 1 aliphatic rings. The summed E-state index contributed by atoms with van der Waals surface area (Å²) in [5.74, 6) is 2.57. The number of thiophene rings is 1. The Kier molecular flexibility index (Phi) is 6.65. The van der Waals surface area contributed by atoms with Crippen molar-refractivity contribution >= 4 is 92.9 Å². The third kappa shape index (κ3) is 4.52. The minimum atomic E-state index is 0.469. The number of benzene rings is 7. The van der Waals surface area contributed by atoms with Crippen LogP contribution in [-0.4, -0.2) is 14.5 Å². The molecule has 13 rings (SSSR count). The molecular weight excluding hydrogens is 731 g/mol. The van der Waals surface area contributed by atoms with E-state index in [0.717, 1.165) is 57.4 Å². The van der Waals surface area contributed by atoms with Crippen molar-refractivity contribution in [2.24, 2.45) is 0 Å². The first-order valence-corrected chi connectivity index (χ1v) is 20.5. The lowest BCUT2D eigenvalue weighted by Crippen LogP contribution is -2.02. The van der Waals surface area contributed by atoms with Gasteiger partial charge in [0.05, 0.1) is 16.4 Å². The van der Waals surface area contributed by atoms with E-state index in [1.54, 1.807) is 0 Å². The van der Waals surface area contributed by atoms with Gasteiger partial charge in [0.25, 0.3) is 0 Å². The molecule has 1 aliphatic carbocycles. The number of aromatic nitrogens is 3. The average molecular weight is 762 g/mol. The van der Waals surface area contributed by atoms with E-state index in [1.165, 1.54) is 64.0 Å². The highest BCUT2D eigenvalue weighted by molar-refractivity contribution is 7.21. The van der Waals surface area contributed by atoms with Crippen LogP contribution in [0.25, 0.3) is 121 Å². The van der Waals surface area contributed by atoms with Gasteiger partial charge in [-0.25, -0.2) is 4.98 Å². The maximum Gasteiger partial charge on any atom is 0.233 e. The van der Waals surface area contributed by atoms with Crippen LogP contribution in [0.2, 0.25) is 0 Å². The summed E-state index contributed by atoms with van der Waals surface area (Å²) in [6.45, 7) is 0. The van der Waals surface area contributed by atoms with E-state index in [4.69, 9.17) is 18.8 Å². The highest BCUT2D eigenvalue weighted by atomic mass is 32.1. The third-order valence-corrected chi connectivity index (χ3v) is 13.2. The largest absolute Gasteiger partial charge is 0.453 e. The number of nitrogens with zero attached hydrogens (tertiary/aromatic N) is 3. The number of furan rings is 2. The second-order valence-electron chi connectivity index (χ2n) is 15.1. The summed E-state index contributed by atoms with van der Waals surface area (Å²) in [4.78, 5) is 11.9. The summed E-state index contributed by atoms with van der Waals surface area (Å²) < 4.78 is 16.8. The molecule has 0 aliphatic heterocycles. The molecule has 0 saturated heterocycles. The van der Waals surface area contributed by atoms with Crippen LogP contribution in [0.5, 0.6) is 0 Å². The standard InChI is InChI=1S/C52H31N3O2S/c1-2-14-31(15-3-1)41-27-28-43(56-41)50-53-51(47-37-19-7-10-23-42(37)57-52(47)54-50)55-40-22-9-6-18-36(40)45-46-38-20-8-11-24-44(38)58-49(46)39-29-32(25-26-35(39)48(45)55)34-21-12-16-30-13-4-5-17-33(30)34/h1-7,9-19,21-29H,8,20H2. The topological polar surface area (TPSA) is 57.0 Å². The minimum Gasteiger partial charge on any atom is -0.453 e. The van der Waals surface area contributed by atoms with Gasteiger partial charge in [0.2, 0.25) is 11.5 Å². The van der Waals surface area contributed by atoms with E-state index in [2.05, 4.69) is 114 Å². The molecular formula is C52H31N3O2S. The molecule has 0 radical (unpaired) electrons. The van der Waals surface area contributed by atoms with Crippen molar-refractivity contribution in [1.29, 1.82) is 0 Å². The zero-order chi connectivity index (χ0) is 37.9. The maximum absolute atomic E-state index is 6.58. The zero-order valence-electron chi connectivity index (χ0n) is 31.1. The van der Waals surface area contributed by atoms with E-state index in [9.17, 15) is 0 Å². The van der Waals surface area contributed by atoms with Crippen LogP contribution < -0.4 is 0 Å². The molecule has 5 nitrogen and oxygen atoms in total. The molecule has 5 heterocycles. The fourth-order valence-electron chi connectivity index (χ4n) is 9.38. The third-order valence-electron chi connectivity index (χ3n) is 11.9.